The maximum Gasteiger partial charge on any atom is 0.328 e. The maximum atomic E-state index is 10.4. The Morgan fingerprint density at radius 2 is 1.53 bits per heavy atom. The lowest BCUT2D eigenvalue weighted by atomic mass is 10.0. The van der Waals surface area contributed by atoms with Crippen LogP contribution in [-0.4, -0.2) is 11.1 Å². The summed E-state index contributed by atoms with van der Waals surface area (Å²) < 4.78 is 0. The number of carboxylic acid groups (broad SMARTS) is 1. The topological polar surface area (TPSA) is 37.3 Å². The molecule has 0 unspecified atom stereocenters. The van der Waals surface area contributed by atoms with E-state index in [2.05, 4.69) is 0 Å². The van der Waals surface area contributed by atoms with E-state index in [1.807, 2.05) is 36.4 Å². The van der Waals surface area contributed by atoms with Gasteiger partial charge in [0, 0.05) is 16.1 Å². The summed E-state index contributed by atoms with van der Waals surface area (Å²) in [6, 6.07) is 12.8. The Kier molecular flexibility index (Phi) is 4.25. The molecule has 0 aliphatic rings. The highest BCUT2D eigenvalue weighted by molar-refractivity contribution is 6.35. The molecule has 0 amide bonds. The minimum atomic E-state index is -0.967. The number of halogens is 2. The van der Waals surface area contributed by atoms with Gasteiger partial charge >= 0.3 is 5.97 Å². The van der Waals surface area contributed by atoms with Crippen LogP contribution in [0.3, 0.4) is 0 Å². The van der Waals surface area contributed by atoms with Gasteiger partial charge in [0.25, 0.3) is 0 Å². The Labute approximate surface area is 120 Å². The van der Waals surface area contributed by atoms with Crippen molar-refractivity contribution in [3.63, 3.8) is 0 Å². The zero-order valence-corrected chi connectivity index (χ0v) is 11.3. The van der Waals surface area contributed by atoms with Crippen LogP contribution in [-0.2, 0) is 4.79 Å². The minimum absolute atomic E-state index is 0.581. The van der Waals surface area contributed by atoms with Gasteiger partial charge in [0.15, 0.2) is 0 Å². The number of hydrogen-bond donors (Lipinski definition) is 1. The molecule has 0 aliphatic heterocycles. The predicted molar refractivity (Wildman–Crippen MR) is 78.6 cm³/mol. The highest BCUT2D eigenvalue weighted by Crippen LogP contribution is 2.27. The molecule has 2 aromatic carbocycles. The lowest BCUT2D eigenvalue weighted by molar-refractivity contribution is -0.131. The van der Waals surface area contributed by atoms with Gasteiger partial charge in [-0.15, -0.1) is 0 Å². The van der Waals surface area contributed by atoms with Crippen molar-refractivity contribution in [3.05, 3.63) is 64.1 Å². The zero-order valence-electron chi connectivity index (χ0n) is 9.81. The molecule has 2 nitrogen and oxygen atoms in total. The molecule has 96 valence electrons. The quantitative estimate of drug-likeness (QED) is 0.828. The van der Waals surface area contributed by atoms with Crippen LogP contribution < -0.4 is 0 Å². The molecule has 0 aliphatic carbocycles. The van der Waals surface area contributed by atoms with Crippen molar-refractivity contribution in [1.29, 1.82) is 0 Å². The Hall–Kier alpha value is -1.77. The van der Waals surface area contributed by atoms with Gasteiger partial charge in [-0.05, 0) is 41.0 Å². The van der Waals surface area contributed by atoms with E-state index in [-0.39, 0.29) is 0 Å². The molecule has 0 heterocycles. The van der Waals surface area contributed by atoms with Gasteiger partial charge in [0.05, 0.1) is 0 Å². The third-order valence-corrected chi connectivity index (χ3v) is 2.96. The smallest absolute Gasteiger partial charge is 0.328 e. The fourth-order valence-corrected chi connectivity index (χ4v) is 2.20. The minimum Gasteiger partial charge on any atom is -0.478 e. The average Bonchev–Trinajstić information content (AvgIpc) is 2.36. The van der Waals surface area contributed by atoms with Gasteiger partial charge in [-0.3, -0.25) is 0 Å². The molecule has 0 fully saturated rings. The highest BCUT2D eigenvalue weighted by atomic mass is 35.5. The second-order valence-electron chi connectivity index (χ2n) is 3.95. The SMILES string of the molecule is O=C(O)/C=C/c1ccc(-c2cc(Cl)cc(Cl)c2)cc1. The van der Waals surface area contributed by atoms with Gasteiger partial charge in [0.1, 0.15) is 0 Å². The Morgan fingerprint density at radius 1 is 0.947 bits per heavy atom. The lowest BCUT2D eigenvalue weighted by Gasteiger charge is -2.04. The third kappa shape index (κ3) is 3.85. The van der Waals surface area contributed by atoms with Crippen LogP contribution in [0.5, 0.6) is 0 Å². The number of benzene rings is 2. The number of rotatable bonds is 3. The van der Waals surface area contributed by atoms with Crippen LogP contribution >= 0.6 is 23.2 Å². The Balaban J connectivity index is 2.29. The molecule has 0 atom stereocenters. The van der Waals surface area contributed by atoms with Crippen LogP contribution in [0.4, 0.5) is 0 Å². The fourth-order valence-electron chi connectivity index (χ4n) is 1.67. The molecule has 0 radical (unpaired) electrons. The molecular weight excluding hydrogens is 283 g/mol. The second-order valence-corrected chi connectivity index (χ2v) is 4.82. The first kappa shape index (κ1) is 13.7. The largest absolute Gasteiger partial charge is 0.478 e. The van der Waals surface area contributed by atoms with E-state index >= 15 is 0 Å². The summed E-state index contributed by atoms with van der Waals surface area (Å²) in [6.07, 6.45) is 2.64. The molecule has 4 heteroatoms. The van der Waals surface area contributed by atoms with Crippen molar-refractivity contribution in [1.82, 2.24) is 0 Å². The van der Waals surface area contributed by atoms with E-state index in [1.54, 1.807) is 6.07 Å². The third-order valence-electron chi connectivity index (χ3n) is 2.52. The lowest BCUT2D eigenvalue weighted by Crippen LogP contribution is -1.85. The monoisotopic (exact) mass is 292 g/mol. The first-order valence-electron chi connectivity index (χ1n) is 5.52. The normalized spacial score (nSPS) is 10.8. The Bertz CT molecular complexity index is 611. The average molecular weight is 293 g/mol. The first-order chi connectivity index (χ1) is 9.04. The molecule has 1 N–H and O–H groups in total. The summed E-state index contributed by atoms with van der Waals surface area (Å²) >= 11 is 11.9. The number of aliphatic carboxylic acids is 1. The Morgan fingerprint density at radius 3 is 2.05 bits per heavy atom. The van der Waals surface area contributed by atoms with Crippen molar-refractivity contribution in [2.45, 2.75) is 0 Å². The van der Waals surface area contributed by atoms with Crippen molar-refractivity contribution in [2.24, 2.45) is 0 Å². The molecule has 0 aromatic heterocycles. The van der Waals surface area contributed by atoms with E-state index in [9.17, 15) is 4.79 Å². The van der Waals surface area contributed by atoms with Crippen molar-refractivity contribution >= 4 is 35.2 Å². The molecule has 2 aromatic rings. The first-order valence-corrected chi connectivity index (χ1v) is 6.28. The van der Waals surface area contributed by atoms with Gasteiger partial charge < -0.3 is 5.11 Å². The van der Waals surface area contributed by atoms with Crippen LogP contribution in [0.2, 0.25) is 10.0 Å². The summed E-state index contributed by atoms with van der Waals surface area (Å²) in [6.45, 7) is 0. The number of hydrogen-bond acceptors (Lipinski definition) is 1. The second kappa shape index (κ2) is 5.91. The van der Waals surface area contributed by atoms with Crippen LogP contribution in [0.15, 0.2) is 48.5 Å². The molecule has 0 spiro atoms. The van der Waals surface area contributed by atoms with Crippen molar-refractivity contribution in [2.75, 3.05) is 0 Å². The van der Waals surface area contributed by atoms with Gasteiger partial charge in [-0.2, -0.15) is 0 Å². The summed E-state index contributed by atoms with van der Waals surface area (Å²) in [7, 11) is 0. The standard InChI is InChI=1S/C15H10Cl2O2/c16-13-7-12(8-14(17)9-13)11-4-1-10(2-5-11)3-6-15(18)19/h1-9H,(H,18,19)/b6-3+. The van der Waals surface area contributed by atoms with E-state index in [4.69, 9.17) is 28.3 Å². The van der Waals surface area contributed by atoms with Crippen LogP contribution in [0.25, 0.3) is 17.2 Å². The number of carbonyl (C=O) groups is 1. The molecule has 19 heavy (non-hydrogen) atoms. The van der Waals surface area contributed by atoms with Crippen molar-refractivity contribution in [3.8, 4) is 11.1 Å². The van der Waals surface area contributed by atoms with Crippen molar-refractivity contribution < 1.29 is 9.90 Å². The maximum absolute atomic E-state index is 10.4. The number of carboxylic acids is 1. The molecule has 2 rings (SSSR count). The van der Waals surface area contributed by atoms with Gasteiger partial charge in [0.2, 0.25) is 0 Å². The summed E-state index contributed by atoms with van der Waals surface area (Å²) in [5.41, 5.74) is 2.71. The predicted octanol–water partition coefficient (Wildman–Crippen LogP) is 4.76. The van der Waals surface area contributed by atoms with Crippen LogP contribution in [0, 0.1) is 0 Å². The van der Waals surface area contributed by atoms with E-state index in [1.165, 1.54) is 6.08 Å². The molecule has 0 saturated carbocycles. The van der Waals surface area contributed by atoms with Gasteiger partial charge in [-0.1, -0.05) is 47.5 Å². The fraction of sp³-hybridized carbons (Fsp3) is 0. The summed E-state index contributed by atoms with van der Waals surface area (Å²) in [5.74, 6) is -0.967. The van der Waals surface area contributed by atoms with Gasteiger partial charge in [-0.25, -0.2) is 4.79 Å². The van der Waals surface area contributed by atoms with E-state index < -0.39 is 5.97 Å². The van der Waals surface area contributed by atoms with Crippen LogP contribution in [0.1, 0.15) is 5.56 Å². The zero-order chi connectivity index (χ0) is 13.8. The van der Waals surface area contributed by atoms with E-state index in [0.717, 1.165) is 22.8 Å². The molecule has 0 saturated heterocycles. The molecular formula is C15H10Cl2O2. The molecule has 0 bridgehead atoms. The summed E-state index contributed by atoms with van der Waals surface area (Å²) in [5, 5.41) is 9.71. The van der Waals surface area contributed by atoms with E-state index in [0.29, 0.717) is 10.0 Å². The summed E-state index contributed by atoms with van der Waals surface area (Å²) in [4.78, 5) is 10.4. The highest BCUT2D eigenvalue weighted by Gasteiger charge is 2.01.